The van der Waals surface area contributed by atoms with Gasteiger partial charge in [0.05, 0.1) is 18.3 Å². The summed E-state index contributed by atoms with van der Waals surface area (Å²) >= 11 is 0. The molecule has 5 nitrogen and oxygen atoms in total. The van der Waals surface area contributed by atoms with Crippen LogP contribution in [0.5, 0.6) is 0 Å². The van der Waals surface area contributed by atoms with Crippen LogP contribution in [0.15, 0.2) is 28.8 Å². The minimum atomic E-state index is -0.574. The average molecular weight is 314 g/mol. The second-order valence-electron chi connectivity index (χ2n) is 6.96. The lowest BCUT2D eigenvalue weighted by Crippen LogP contribution is -2.25. The predicted octanol–water partition coefficient (Wildman–Crippen LogP) is 2.92. The number of hydrogen-bond acceptors (Lipinski definition) is 4. The van der Waals surface area contributed by atoms with Crippen LogP contribution in [0.4, 0.5) is 0 Å². The molecule has 1 amide bonds. The Morgan fingerprint density at radius 2 is 2.26 bits per heavy atom. The Morgan fingerprint density at radius 3 is 2.96 bits per heavy atom. The molecule has 5 heteroatoms. The van der Waals surface area contributed by atoms with Gasteiger partial charge in [0.2, 0.25) is 0 Å². The van der Waals surface area contributed by atoms with Crippen LogP contribution >= 0.6 is 0 Å². The third kappa shape index (κ3) is 3.15. The maximum Gasteiger partial charge on any atom is 0.287 e. The number of nitrogens with zero attached hydrogens (tertiary/aromatic N) is 1. The molecule has 2 heterocycles. The number of aliphatic hydroxyl groups excluding tert-OH is 1. The van der Waals surface area contributed by atoms with Crippen molar-refractivity contribution in [2.75, 3.05) is 0 Å². The molecule has 122 valence electrons. The van der Waals surface area contributed by atoms with E-state index >= 15 is 0 Å². The molecule has 1 aliphatic rings. The standard InChI is InChI=1S/C18H22N2O3/c1-11-15-13(21)8-18(2,3)9-14(15)23-16(11)17(22)20-10-12-6-4-5-7-19-12/h4-7,13,21H,8-10H2,1-3H3,(H,20,22). The van der Waals surface area contributed by atoms with Crippen LogP contribution in [0.25, 0.3) is 0 Å². The number of aromatic nitrogens is 1. The van der Waals surface area contributed by atoms with Crippen LogP contribution < -0.4 is 5.32 Å². The highest BCUT2D eigenvalue weighted by atomic mass is 16.4. The summed E-state index contributed by atoms with van der Waals surface area (Å²) in [6.07, 6.45) is 2.52. The van der Waals surface area contributed by atoms with E-state index in [0.29, 0.717) is 18.7 Å². The van der Waals surface area contributed by atoms with E-state index in [1.165, 1.54) is 0 Å². The lowest BCUT2D eigenvalue weighted by molar-refractivity contribution is 0.0883. The largest absolute Gasteiger partial charge is 0.455 e. The molecule has 2 N–H and O–H groups in total. The van der Waals surface area contributed by atoms with Crippen molar-refractivity contribution in [3.63, 3.8) is 0 Å². The molecular weight excluding hydrogens is 292 g/mol. The van der Waals surface area contributed by atoms with Crippen molar-refractivity contribution in [3.05, 3.63) is 52.7 Å². The van der Waals surface area contributed by atoms with E-state index in [2.05, 4.69) is 24.1 Å². The van der Waals surface area contributed by atoms with Gasteiger partial charge >= 0.3 is 0 Å². The van der Waals surface area contributed by atoms with Gasteiger partial charge in [-0.25, -0.2) is 0 Å². The lowest BCUT2D eigenvalue weighted by Gasteiger charge is -2.31. The fourth-order valence-corrected chi connectivity index (χ4v) is 3.26. The number of aliphatic hydroxyl groups is 1. The second-order valence-corrected chi connectivity index (χ2v) is 6.96. The molecule has 0 spiro atoms. The summed E-state index contributed by atoms with van der Waals surface area (Å²) in [5, 5.41) is 13.2. The van der Waals surface area contributed by atoms with Crippen LogP contribution in [0, 0.1) is 12.3 Å². The van der Waals surface area contributed by atoms with Crippen molar-refractivity contribution in [3.8, 4) is 0 Å². The molecule has 1 unspecified atom stereocenters. The van der Waals surface area contributed by atoms with Crippen LogP contribution in [-0.4, -0.2) is 16.0 Å². The number of carbonyl (C=O) groups excluding carboxylic acids is 1. The second kappa shape index (κ2) is 5.81. The van der Waals surface area contributed by atoms with E-state index in [-0.39, 0.29) is 11.3 Å². The Kier molecular flexibility index (Phi) is 3.98. The van der Waals surface area contributed by atoms with Crippen LogP contribution in [0.2, 0.25) is 0 Å². The number of rotatable bonds is 3. The van der Waals surface area contributed by atoms with E-state index in [1.54, 1.807) is 6.20 Å². The molecule has 0 aromatic carbocycles. The molecule has 0 radical (unpaired) electrons. The van der Waals surface area contributed by atoms with E-state index < -0.39 is 6.10 Å². The molecule has 2 aromatic rings. The Bertz CT molecular complexity index is 719. The normalized spacial score (nSPS) is 19.2. The molecule has 23 heavy (non-hydrogen) atoms. The van der Waals surface area contributed by atoms with E-state index in [4.69, 9.17) is 4.42 Å². The third-order valence-electron chi connectivity index (χ3n) is 4.35. The Hall–Kier alpha value is -2.14. The van der Waals surface area contributed by atoms with Gasteiger partial charge in [-0.05, 0) is 30.9 Å². The quantitative estimate of drug-likeness (QED) is 0.913. The molecule has 3 rings (SSSR count). The maximum absolute atomic E-state index is 12.4. The van der Waals surface area contributed by atoms with Crippen molar-refractivity contribution in [2.24, 2.45) is 5.41 Å². The third-order valence-corrected chi connectivity index (χ3v) is 4.35. The first-order valence-corrected chi connectivity index (χ1v) is 7.86. The van der Waals surface area contributed by atoms with Gasteiger partial charge in [0.1, 0.15) is 5.76 Å². The topological polar surface area (TPSA) is 75.4 Å². The van der Waals surface area contributed by atoms with Gasteiger partial charge in [0.25, 0.3) is 5.91 Å². The van der Waals surface area contributed by atoms with Crippen molar-refractivity contribution >= 4 is 5.91 Å². The summed E-state index contributed by atoms with van der Waals surface area (Å²) in [4.78, 5) is 16.6. The van der Waals surface area contributed by atoms with Gasteiger partial charge in [-0.1, -0.05) is 19.9 Å². The smallest absolute Gasteiger partial charge is 0.287 e. The number of pyridine rings is 1. The maximum atomic E-state index is 12.4. The van der Waals surface area contributed by atoms with Gasteiger partial charge in [0.15, 0.2) is 5.76 Å². The highest BCUT2D eigenvalue weighted by molar-refractivity contribution is 5.93. The Morgan fingerprint density at radius 1 is 1.48 bits per heavy atom. The number of furan rings is 1. The number of hydrogen-bond donors (Lipinski definition) is 2. The number of nitrogens with one attached hydrogen (secondary N) is 1. The van der Waals surface area contributed by atoms with Gasteiger partial charge < -0.3 is 14.8 Å². The van der Waals surface area contributed by atoms with Gasteiger partial charge in [0, 0.05) is 23.7 Å². The van der Waals surface area contributed by atoms with Crippen molar-refractivity contribution in [1.29, 1.82) is 0 Å². The molecule has 0 aliphatic heterocycles. The first kappa shape index (κ1) is 15.7. The number of fused-ring (bicyclic) bond motifs is 1. The van der Waals surface area contributed by atoms with Crippen LogP contribution in [0.1, 0.15) is 59.5 Å². The molecule has 1 aliphatic carbocycles. The first-order valence-electron chi connectivity index (χ1n) is 7.86. The molecule has 2 aromatic heterocycles. The minimum absolute atomic E-state index is 0.0294. The number of amides is 1. The first-order chi connectivity index (χ1) is 10.9. The monoisotopic (exact) mass is 314 g/mol. The van der Waals surface area contributed by atoms with Gasteiger partial charge in [-0.15, -0.1) is 0 Å². The van der Waals surface area contributed by atoms with Crippen molar-refractivity contribution in [1.82, 2.24) is 10.3 Å². The van der Waals surface area contributed by atoms with E-state index in [9.17, 15) is 9.90 Å². The summed E-state index contributed by atoms with van der Waals surface area (Å²) in [6, 6.07) is 5.57. The Labute approximate surface area is 135 Å². The van der Waals surface area contributed by atoms with Crippen molar-refractivity contribution < 1.29 is 14.3 Å². The SMILES string of the molecule is Cc1c(C(=O)NCc2ccccn2)oc2c1C(O)CC(C)(C)C2. The summed E-state index contributed by atoms with van der Waals surface area (Å²) in [5.41, 5.74) is 2.28. The van der Waals surface area contributed by atoms with E-state index in [1.807, 2.05) is 25.1 Å². The van der Waals surface area contributed by atoms with Gasteiger partial charge in [-0.2, -0.15) is 0 Å². The van der Waals surface area contributed by atoms with Crippen LogP contribution in [0.3, 0.4) is 0 Å². The highest BCUT2D eigenvalue weighted by Gasteiger charge is 2.37. The molecule has 0 bridgehead atoms. The molecule has 0 saturated carbocycles. The van der Waals surface area contributed by atoms with Crippen molar-refractivity contribution in [2.45, 2.75) is 46.3 Å². The predicted molar refractivity (Wildman–Crippen MR) is 85.9 cm³/mol. The zero-order valence-corrected chi connectivity index (χ0v) is 13.7. The highest BCUT2D eigenvalue weighted by Crippen LogP contribution is 2.43. The molecule has 0 saturated heterocycles. The van der Waals surface area contributed by atoms with Crippen LogP contribution in [-0.2, 0) is 13.0 Å². The summed E-state index contributed by atoms with van der Waals surface area (Å²) in [6.45, 7) is 6.37. The zero-order chi connectivity index (χ0) is 16.6. The summed E-state index contributed by atoms with van der Waals surface area (Å²) in [5.74, 6) is 0.754. The van der Waals surface area contributed by atoms with E-state index in [0.717, 1.165) is 29.0 Å². The fourth-order valence-electron chi connectivity index (χ4n) is 3.26. The fraction of sp³-hybridized carbons (Fsp3) is 0.444. The average Bonchev–Trinajstić information content (AvgIpc) is 2.81. The summed E-state index contributed by atoms with van der Waals surface area (Å²) in [7, 11) is 0. The van der Waals surface area contributed by atoms with Gasteiger partial charge in [-0.3, -0.25) is 9.78 Å². The molecular formula is C18H22N2O3. The summed E-state index contributed by atoms with van der Waals surface area (Å²) < 4.78 is 5.80. The molecule has 1 atom stereocenters. The Balaban J connectivity index is 1.80. The minimum Gasteiger partial charge on any atom is -0.455 e. The molecule has 0 fully saturated rings. The zero-order valence-electron chi connectivity index (χ0n) is 13.7. The number of carbonyl (C=O) groups is 1. The lowest BCUT2D eigenvalue weighted by atomic mass is 9.75.